The van der Waals surface area contributed by atoms with Gasteiger partial charge in [-0.3, -0.25) is 0 Å². The van der Waals surface area contributed by atoms with Crippen molar-refractivity contribution in [2.24, 2.45) is 0 Å². The molecule has 1 heterocycles. The van der Waals surface area contributed by atoms with Crippen LogP contribution in [0.5, 0.6) is 0 Å². The molecule has 14 heavy (non-hydrogen) atoms. The summed E-state index contributed by atoms with van der Waals surface area (Å²) in [6.07, 6.45) is 0.553. The molecular formula is C9H17NO2S2. The van der Waals surface area contributed by atoms with Crippen molar-refractivity contribution in [3.05, 3.63) is 0 Å². The van der Waals surface area contributed by atoms with Gasteiger partial charge in [-0.25, -0.2) is 0 Å². The van der Waals surface area contributed by atoms with Crippen LogP contribution in [0.25, 0.3) is 0 Å². The number of hydrogen-bond acceptors (Lipinski definition) is 4. The van der Waals surface area contributed by atoms with Crippen molar-refractivity contribution in [2.45, 2.75) is 19.4 Å². The second-order valence-electron chi connectivity index (χ2n) is 3.24. The maximum Gasteiger partial charge on any atom is 0.136 e. The highest BCUT2D eigenvalue weighted by Crippen LogP contribution is 2.13. The number of nitrogens with zero attached hydrogens (tertiary/aromatic N) is 1. The first-order valence-corrected chi connectivity index (χ1v) is 6.31. The molecule has 0 saturated carbocycles. The Hall–Kier alpha value is 0.160. The van der Waals surface area contributed by atoms with Gasteiger partial charge in [0, 0.05) is 18.8 Å². The second-order valence-corrected chi connectivity index (χ2v) is 4.89. The Morgan fingerprint density at radius 2 is 2.21 bits per heavy atom. The van der Waals surface area contributed by atoms with Crippen LogP contribution in [0.3, 0.4) is 0 Å². The number of thioether (sulfide) groups is 1. The summed E-state index contributed by atoms with van der Waals surface area (Å²) in [5.41, 5.74) is 0. The van der Waals surface area contributed by atoms with Crippen molar-refractivity contribution in [3.63, 3.8) is 0 Å². The van der Waals surface area contributed by atoms with E-state index in [0.717, 1.165) is 37.0 Å². The Morgan fingerprint density at radius 1 is 1.57 bits per heavy atom. The third-order valence-corrected chi connectivity index (χ3v) is 3.81. The van der Waals surface area contributed by atoms with Gasteiger partial charge in [-0.1, -0.05) is 30.9 Å². The van der Waals surface area contributed by atoms with Crippen molar-refractivity contribution >= 4 is 28.3 Å². The number of rotatable bonds is 3. The minimum Gasteiger partial charge on any atom is -0.392 e. The van der Waals surface area contributed by atoms with E-state index in [1.165, 1.54) is 0 Å². The first kappa shape index (κ1) is 12.2. The summed E-state index contributed by atoms with van der Waals surface area (Å²) < 4.78 is 6.13. The number of aliphatic hydroxyl groups is 1. The molecule has 1 aliphatic rings. The molecule has 3 nitrogen and oxygen atoms in total. The molecule has 0 aromatic heterocycles. The minimum atomic E-state index is -0.237. The topological polar surface area (TPSA) is 32.7 Å². The number of hydrogen-bond donors (Lipinski definition) is 1. The van der Waals surface area contributed by atoms with Crippen molar-refractivity contribution in [1.29, 1.82) is 0 Å². The van der Waals surface area contributed by atoms with E-state index in [4.69, 9.17) is 17.0 Å². The molecule has 0 spiro atoms. The Labute approximate surface area is 94.8 Å². The van der Waals surface area contributed by atoms with Gasteiger partial charge >= 0.3 is 0 Å². The van der Waals surface area contributed by atoms with Crippen LogP contribution in [0, 0.1) is 0 Å². The average molecular weight is 235 g/mol. The number of thiocarbonyl (C=S) groups is 1. The number of aliphatic hydroxyl groups excluding tert-OH is 1. The minimum absolute atomic E-state index is 0.237. The van der Waals surface area contributed by atoms with Crippen molar-refractivity contribution in [1.82, 2.24) is 4.90 Å². The first-order valence-electron chi connectivity index (χ1n) is 4.91. The molecule has 0 aliphatic carbocycles. The molecule has 1 rings (SSSR count). The van der Waals surface area contributed by atoms with Gasteiger partial charge in [-0.2, -0.15) is 0 Å². The van der Waals surface area contributed by atoms with Gasteiger partial charge in [-0.05, 0) is 6.42 Å². The molecule has 1 aliphatic heterocycles. The zero-order valence-electron chi connectivity index (χ0n) is 8.44. The lowest BCUT2D eigenvalue weighted by molar-refractivity contribution is 0.0702. The van der Waals surface area contributed by atoms with E-state index in [1.54, 1.807) is 11.8 Å². The number of morpholine rings is 1. The average Bonchev–Trinajstić information content (AvgIpc) is 2.26. The Morgan fingerprint density at radius 3 is 2.79 bits per heavy atom. The van der Waals surface area contributed by atoms with E-state index < -0.39 is 0 Å². The maximum absolute atomic E-state index is 9.38. The van der Waals surface area contributed by atoms with E-state index >= 15 is 0 Å². The third-order valence-electron chi connectivity index (χ3n) is 2.14. The lowest BCUT2D eigenvalue weighted by Gasteiger charge is -2.28. The molecule has 0 amide bonds. The van der Waals surface area contributed by atoms with Gasteiger partial charge in [0.25, 0.3) is 0 Å². The summed E-state index contributed by atoms with van der Waals surface area (Å²) in [6.45, 7) is 5.26. The molecule has 1 N–H and O–H groups in total. The zero-order chi connectivity index (χ0) is 10.4. The van der Waals surface area contributed by atoms with Crippen LogP contribution >= 0.6 is 24.0 Å². The summed E-state index contributed by atoms with van der Waals surface area (Å²) in [6, 6.07) is 0. The highest BCUT2D eigenvalue weighted by atomic mass is 32.2. The summed E-state index contributed by atoms with van der Waals surface area (Å²) >= 11 is 6.83. The second kappa shape index (κ2) is 6.61. The van der Waals surface area contributed by atoms with Crippen LogP contribution in [0.2, 0.25) is 0 Å². The molecule has 5 heteroatoms. The van der Waals surface area contributed by atoms with E-state index in [1.807, 2.05) is 6.92 Å². The first-order chi connectivity index (χ1) is 6.74. The molecule has 0 bridgehead atoms. The highest BCUT2D eigenvalue weighted by molar-refractivity contribution is 8.22. The smallest absolute Gasteiger partial charge is 0.136 e. The molecule has 1 atom stereocenters. The predicted octanol–water partition coefficient (Wildman–Crippen LogP) is 1.11. The quantitative estimate of drug-likeness (QED) is 0.741. The van der Waals surface area contributed by atoms with Crippen LogP contribution < -0.4 is 0 Å². The lowest BCUT2D eigenvalue weighted by atomic mass is 10.3. The van der Waals surface area contributed by atoms with Gasteiger partial charge in [0.1, 0.15) is 4.32 Å². The van der Waals surface area contributed by atoms with Crippen molar-refractivity contribution < 1.29 is 9.84 Å². The fourth-order valence-electron chi connectivity index (χ4n) is 1.12. The molecular weight excluding hydrogens is 218 g/mol. The molecule has 0 radical (unpaired) electrons. The molecule has 1 saturated heterocycles. The summed E-state index contributed by atoms with van der Waals surface area (Å²) in [7, 11) is 0. The Balaban J connectivity index is 2.19. The fraction of sp³-hybridized carbons (Fsp3) is 0.889. The van der Waals surface area contributed by atoms with Crippen LogP contribution in [0.4, 0.5) is 0 Å². The molecule has 0 aromatic carbocycles. The molecule has 1 unspecified atom stereocenters. The standard InChI is InChI=1S/C9H17NO2S2/c1-2-8(11)7-14-9(13)10-3-5-12-6-4-10/h8,11H,2-7H2,1H3. The summed E-state index contributed by atoms with van der Waals surface area (Å²) in [5, 5.41) is 9.38. The fourth-order valence-corrected chi connectivity index (χ4v) is 2.45. The van der Waals surface area contributed by atoms with Gasteiger partial charge < -0.3 is 14.7 Å². The summed E-state index contributed by atoms with van der Waals surface area (Å²) in [4.78, 5) is 2.14. The SMILES string of the molecule is CCC(O)CSC(=S)N1CCOCC1. The van der Waals surface area contributed by atoms with Crippen molar-refractivity contribution in [3.8, 4) is 0 Å². The van der Waals surface area contributed by atoms with E-state index in [0.29, 0.717) is 5.75 Å². The van der Waals surface area contributed by atoms with Crippen molar-refractivity contribution in [2.75, 3.05) is 32.1 Å². The predicted molar refractivity (Wildman–Crippen MR) is 63.7 cm³/mol. The molecule has 0 aromatic rings. The van der Waals surface area contributed by atoms with Crippen LogP contribution in [-0.4, -0.2) is 52.5 Å². The Kier molecular flexibility index (Phi) is 5.77. The molecule has 1 fully saturated rings. The van der Waals surface area contributed by atoms with Gasteiger partial charge in [0.2, 0.25) is 0 Å². The highest BCUT2D eigenvalue weighted by Gasteiger charge is 2.14. The van der Waals surface area contributed by atoms with Crippen LogP contribution in [0.1, 0.15) is 13.3 Å². The van der Waals surface area contributed by atoms with Crippen LogP contribution in [0.15, 0.2) is 0 Å². The van der Waals surface area contributed by atoms with Crippen LogP contribution in [-0.2, 0) is 4.74 Å². The van der Waals surface area contributed by atoms with E-state index in [2.05, 4.69) is 4.90 Å². The normalized spacial score (nSPS) is 19.4. The van der Waals surface area contributed by atoms with Gasteiger partial charge in [0.05, 0.1) is 19.3 Å². The van der Waals surface area contributed by atoms with Gasteiger partial charge in [0.15, 0.2) is 0 Å². The number of ether oxygens (including phenoxy) is 1. The van der Waals surface area contributed by atoms with E-state index in [-0.39, 0.29) is 6.10 Å². The summed E-state index contributed by atoms with van der Waals surface area (Å²) in [5.74, 6) is 0.701. The monoisotopic (exact) mass is 235 g/mol. The third kappa shape index (κ3) is 4.13. The van der Waals surface area contributed by atoms with E-state index in [9.17, 15) is 5.11 Å². The zero-order valence-corrected chi connectivity index (χ0v) is 10.1. The maximum atomic E-state index is 9.38. The van der Waals surface area contributed by atoms with Gasteiger partial charge in [-0.15, -0.1) is 0 Å². The molecule has 82 valence electrons. The Bertz CT molecular complexity index is 184. The lowest BCUT2D eigenvalue weighted by Crippen LogP contribution is -2.38. The largest absolute Gasteiger partial charge is 0.392 e.